The Hall–Kier alpha value is -3.85. The molecule has 1 heterocycles. The van der Waals surface area contributed by atoms with E-state index in [1.54, 1.807) is 30.2 Å². The van der Waals surface area contributed by atoms with Crippen LogP contribution in [0.5, 0.6) is 5.75 Å². The van der Waals surface area contributed by atoms with E-state index in [1.807, 2.05) is 68.4 Å². The highest BCUT2D eigenvalue weighted by atomic mass is 16.7. The summed E-state index contributed by atoms with van der Waals surface area (Å²) in [6.07, 6.45) is 2.50. The molecule has 0 aliphatic heterocycles. The first kappa shape index (κ1) is 26.7. The van der Waals surface area contributed by atoms with Crippen molar-refractivity contribution in [3.05, 3.63) is 73.3 Å². The van der Waals surface area contributed by atoms with Gasteiger partial charge in [-0.2, -0.15) is 5.06 Å². The molecule has 36 heavy (non-hydrogen) atoms. The third-order valence-electron chi connectivity index (χ3n) is 5.52. The van der Waals surface area contributed by atoms with Gasteiger partial charge in [0.25, 0.3) is 0 Å². The third-order valence-corrected chi connectivity index (χ3v) is 5.52. The average molecular weight is 496 g/mol. The summed E-state index contributed by atoms with van der Waals surface area (Å²) in [5, 5.41) is 1.02. The Kier molecular flexibility index (Phi) is 9.08. The van der Waals surface area contributed by atoms with E-state index in [0.717, 1.165) is 16.2 Å². The SMILES string of the molecule is CCON(C)C(=O)OC(C(Oc1ccc(-c2ccccc2)cc1)n1ccnc1)C(C)(C)COC(C)=O. The standard InChI is InChI=1S/C27H33N3O6/c1-6-34-29(5)26(32)36-24(27(3,4)18-33-20(2)31)25(30-17-16-28-19-30)35-23-14-12-22(13-15-23)21-10-8-7-9-11-21/h7-17,19,24-25H,6,18H2,1-5H3. The summed E-state index contributed by atoms with van der Waals surface area (Å²) in [6, 6.07) is 17.6. The van der Waals surface area contributed by atoms with E-state index in [9.17, 15) is 9.59 Å². The van der Waals surface area contributed by atoms with Crippen LogP contribution in [-0.4, -0.2) is 53.0 Å². The highest BCUT2D eigenvalue weighted by molar-refractivity contribution is 5.67. The molecule has 3 aromatic rings. The van der Waals surface area contributed by atoms with Crippen molar-refractivity contribution in [2.45, 2.75) is 40.0 Å². The van der Waals surface area contributed by atoms with Crippen LogP contribution in [0.4, 0.5) is 4.79 Å². The predicted octanol–water partition coefficient (Wildman–Crippen LogP) is 5.11. The van der Waals surface area contributed by atoms with Gasteiger partial charge in [0, 0.05) is 31.8 Å². The molecule has 0 aliphatic rings. The lowest BCUT2D eigenvalue weighted by molar-refractivity contribution is -0.162. The predicted molar refractivity (Wildman–Crippen MR) is 134 cm³/mol. The molecule has 0 spiro atoms. The molecule has 0 bridgehead atoms. The van der Waals surface area contributed by atoms with E-state index in [2.05, 4.69) is 4.98 Å². The molecular weight excluding hydrogens is 462 g/mol. The van der Waals surface area contributed by atoms with Gasteiger partial charge in [-0.25, -0.2) is 9.78 Å². The van der Waals surface area contributed by atoms with Crippen LogP contribution in [0, 0.1) is 5.41 Å². The number of carbonyl (C=O) groups is 2. The fraction of sp³-hybridized carbons (Fsp3) is 0.370. The molecular formula is C27H33N3O6. The van der Waals surface area contributed by atoms with Crippen molar-refractivity contribution >= 4 is 12.1 Å². The maximum Gasteiger partial charge on any atom is 0.434 e. The van der Waals surface area contributed by atoms with Gasteiger partial charge >= 0.3 is 12.1 Å². The number of benzene rings is 2. The van der Waals surface area contributed by atoms with Crippen LogP contribution in [0.1, 0.15) is 33.9 Å². The summed E-state index contributed by atoms with van der Waals surface area (Å²) < 4.78 is 19.3. The number of hydrogen-bond donors (Lipinski definition) is 0. The summed E-state index contributed by atoms with van der Waals surface area (Å²) in [4.78, 5) is 33.8. The molecule has 3 rings (SSSR count). The number of aromatic nitrogens is 2. The first-order chi connectivity index (χ1) is 17.2. The summed E-state index contributed by atoms with van der Waals surface area (Å²) in [5.74, 6) is 0.132. The molecule has 9 nitrogen and oxygen atoms in total. The number of imidazole rings is 1. The summed E-state index contributed by atoms with van der Waals surface area (Å²) in [5.41, 5.74) is 1.29. The Morgan fingerprint density at radius 2 is 1.72 bits per heavy atom. The van der Waals surface area contributed by atoms with Gasteiger partial charge < -0.3 is 14.2 Å². The van der Waals surface area contributed by atoms with E-state index >= 15 is 0 Å². The number of hydrogen-bond acceptors (Lipinski definition) is 7. The normalized spacial score (nSPS) is 12.9. The van der Waals surface area contributed by atoms with Crippen LogP contribution in [-0.2, 0) is 19.1 Å². The van der Waals surface area contributed by atoms with E-state index < -0.39 is 29.8 Å². The number of amides is 1. The van der Waals surface area contributed by atoms with Crippen molar-refractivity contribution in [1.29, 1.82) is 0 Å². The highest BCUT2D eigenvalue weighted by Crippen LogP contribution is 2.35. The van der Waals surface area contributed by atoms with E-state index in [4.69, 9.17) is 19.0 Å². The summed E-state index contributed by atoms with van der Waals surface area (Å²) >= 11 is 0. The maximum atomic E-state index is 12.8. The zero-order valence-corrected chi connectivity index (χ0v) is 21.3. The molecule has 2 aromatic carbocycles. The molecule has 1 aromatic heterocycles. The van der Waals surface area contributed by atoms with Gasteiger partial charge in [-0.1, -0.05) is 56.3 Å². The van der Waals surface area contributed by atoms with Crippen LogP contribution in [0.2, 0.25) is 0 Å². The van der Waals surface area contributed by atoms with Crippen LogP contribution in [0.15, 0.2) is 73.3 Å². The van der Waals surface area contributed by atoms with E-state index in [1.165, 1.54) is 14.0 Å². The molecule has 0 aliphatic carbocycles. The quantitative estimate of drug-likeness (QED) is 0.270. The van der Waals surface area contributed by atoms with Crippen molar-refractivity contribution in [2.75, 3.05) is 20.3 Å². The van der Waals surface area contributed by atoms with Gasteiger partial charge in [0.1, 0.15) is 12.4 Å². The van der Waals surface area contributed by atoms with Gasteiger partial charge in [-0.15, -0.1) is 0 Å². The summed E-state index contributed by atoms with van der Waals surface area (Å²) in [7, 11) is 1.47. The maximum absolute atomic E-state index is 12.8. The van der Waals surface area contributed by atoms with Gasteiger partial charge in [-0.05, 0) is 30.2 Å². The van der Waals surface area contributed by atoms with Crippen LogP contribution in [0.3, 0.4) is 0 Å². The Balaban J connectivity index is 1.93. The van der Waals surface area contributed by atoms with E-state index in [-0.39, 0.29) is 6.61 Å². The first-order valence-corrected chi connectivity index (χ1v) is 11.7. The lowest BCUT2D eigenvalue weighted by Gasteiger charge is -2.38. The molecule has 9 heteroatoms. The van der Waals surface area contributed by atoms with Gasteiger partial charge in [0.2, 0.25) is 6.23 Å². The minimum atomic E-state index is -0.893. The largest absolute Gasteiger partial charge is 0.466 e. The van der Waals surface area contributed by atoms with Gasteiger partial charge in [-0.3, -0.25) is 14.2 Å². The van der Waals surface area contributed by atoms with Gasteiger partial charge in [0.15, 0.2) is 6.10 Å². The second-order valence-electron chi connectivity index (χ2n) is 8.90. The fourth-order valence-electron chi connectivity index (χ4n) is 3.60. The first-order valence-electron chi connectivity index (χ1n) is 11.7. The zero-order valence-electron chi connectivity index (χ0n) is 21.3. The number of nitrogens with zero attached hydrogens (tertiary/aromatic N) is 3. The number of carbonyl (C=O) groups excluding carboxylic acids is 2. The van der Waals surface area contributed by atoms with Gasteiger partial charge in [0.05, 0.1) is 12.9 Å². The molecule has 1 amide bonds. The Morgan fingerprint density at radius 1 is 1.06 bits per heavy atom. The lowest BCUT2D eigenvalue weighted by Crippen LogP contribution is -2.47. The Bertz CT molecular complexity index is 1100. The molecule has 0 saturated carbocycles. The van der Waals surface area contributed by atoms with Crippen molar-refractivity contribution < 1.29 is 28.6 Å². The minimum absolute atomic E-state index is 0.000130. The molecule has 2 unspecified atom stereocenters. The number of esters is 1. The van der Waals surface area contributed by atoms with Crippen molar-refractivity contribution in [3.63, 3.8) is 0 Å². The second kappa shape index (κ2) is 12.2. The average Bonchev–Trinajstić information content (AvgIpc) is 3.40. The molecule has 2 atom stereocenters. The number of ether oxygens (including phenoxy) is 3. The highest BCUT2D eigenvalue weighted by Gasteiger charge is 2.43. The fourth-order valence-corrected chi connectivity index (χ4v) is 3.60. The lowest BCUT2D eigenvalue weighted by atomic mass is 9.86. The number of hydroxylamine groups is 2. The smallest absolute Gasteiger partial charge is 0.434 e. The minimum Gasteiger partial charge on any atom is -0.466 e. The molecule has 0 fully saturated rings. The van der Waals surface area contributed by atoms with E-state index in [0.29, 0.717) is 12.4 Å². The van der Waals surface area contributed by atoms with Crippen LogP contribution < -0.4 is 4.74 Å². The summed E-state index contributed by atoms with van der Waals surface area (Å²) in [6.45, 7) is 7.06. The monoisotopic (exact) mass is 495 g/mol. The third kappa shape index (κ3) is 7.08. The van der Waals surface area contributed by atoms with Crippen molar-refractivity contribution in [3.8, 4) is 16.9 Å². The Morgan fingerprint density at radius 3 is 2.31 bits per heavy atom. The molecule has 0 radical (unpaired) electrons. The topological polar surface area (TPSA) is 92.1 Å². The molecule has 0 saturated heterocycles. The molecule has 0 N–H and O–H groups in total. The van der Waals surface area contributed by atoms with Crippen LogP contribution in [0.25, 0.3) is 11.1 Å². The van der Waals surface area contributed by atoms with Crippen LogP contribution >= 0.6 is 0 Å². The second-order valence-corrected chi connectivity index (χ2v) is 8.90. The number of rotatable bonds is 11. The molecule has 192 valence electrons. The van der Waals surface area contributed by atoms with Crippen molar-refractivity contribution in [1.82, 2.24) is 14.6 Å². The van der Waals surface area contributed by atoms with Crippen molar-refractivity contribution in [2.24, 2.45) is 5.41 Å². The zero-order chi connectivity index (χ0) is 26.1. The Labute approximate surface area is 211 Å².